The second-order valence-electron chi connectivity index (χ2n) is 16.4. The Bertz CT molecular complexity index is 731. The summed E-state index contributed by atoms with van der Waals surface area (Å²) in [5, 5.41) is -1.18. The van der Waals surface area contributed by atoms with E-state index in [0.717, 1.165) is 52.4 Å². The van der Waals surface area contributed by atoms with Gasteiger partial charge in [-0.15, -0.1) is 0 Å². The summed E-state index contributed by atoms with van der Waals surface area (Å²) in [6.45, 7) is 52.9. The minimum absolute atomic E-state index is 0.294. The summed E-state index contributed by atoms with van der Waals surface area (Å²) in [4.78, 5) is 0. The largest absolute Gasteiger partial charge is 0.417 e. The first kappa shape index (κ1) is 42.6. The number of rotatable bonds is 12. The lowest BCUT2D eigenvalue weighted by molar-refractivity contribution is 0.0583. The third-order valence-corrected chi connectivity index (χ3v) is 31.9. The number of hydrogen-bond donors (Lipinski definition) is 0. The van der Waals surface area contributed by atoms with Gasteiger partial charge in [-0.3, -0.25) is 18.3 Å². The Morgan fingerprint density at radius 1 is 0.295 bits per heavy atom. The van der Waals surface area contributed by atoms with Gasteiger partial charge in [0, 0.05) is 20.2 Å². The van der Waals surface area contributed by atoms with Crippen molar-refractivity contribution in [2.24, 2.45) is 0 Å². The highest BCUT2D eigenvalue weighted by Crippen LogP contribution is 2.58. The van der Waals surface area contributed by atoms with Crippen LogP contribution in [0.3, 0.4) is 0 Å². The molecule has 0 aromatic heterocycles. The molecule has 0 unspecified atom stereocenters. The second-order valence-corrected chi connectivity index (χ2v) is 32.9. The van der Waals surface area contributed by atoms with Gasteiger partial charge >= 0.3 is 34.9 Å². The lowest BCUT2D eigenvalue weighted by Crippen LogP contribution is -2.87. The van der Waals surface area contributed by atoms with Gasteiger partial charge in [-0.25, -0.2) is 0 Å². The third kappa shape index (κ3) is 7.26. The van der Waals surface area contributed by atoms with Crippen molar-refractivity contribution >= 4 is 34.9 Å². The van der Waals surface area contributed by atoms with Crippen molar-refractivity contribution < 1.29 is 16.5 Å². The zero-order chi connectivity index (χ0) is 34.8. The Balaban J connectivity index is 4.84. The molecule has 1 heterocycles. The van der Waals surface area contributed by atoms with Crippen LogP contribution in [0.2, 0.25) is 20.2 Å². The molecule has 0 amide bonds. The molecule has 0 aromatic carbocycles. The van der Waals surface area contributed by atoms with E-state index in [1.54, 1.807) is 0 Å². The molecule has 0 radical (unpaired) electrons. The molecule has 8 nitrogen and oxygen atoms in total. The van der Waals surface area contributed by atoms with Gasteiger partial charge in [0.1, 0.15) is 0 Å². The molecule has 0 aliphatic carbocycles. The van der Waals surface area contributed by atoms with Crippen molar-refractivity contribution in [3.8, 4) is 0 Å². The molecule has 0 spiro atoms. The smallest absolute Gasteiger partial charge is 0.391 e. The summed E-state index contributed by atoms with van der Waals surface area (Å²) in [6, 6.07) is 0. The molecule has 264 valence electrons. The Hall–Kier alpha value is 0.548. The molecule has 0 saturated carbocycles. The van der Waals surface area contributed by atoms with Crippen LogP contribution in [0.5, 0.6) is 0 Å². The highest BCUT2D eigenvalue weighted by Gasteiger charge is 2.77. The Labute approximate surface area is 279 Å². The van der Waals surface area contributed by atoms with Gasteiger partial charge < -0.3 is 16.5 Å². The average molecular weight is 693 g/mol. The molecule has 12 heteroatoms. The van der Waals surface area contributed by atoms with Crippen LogP contribution in [-0.4, -0.2) is 106 Å². The van der Waals surface area contributed by atoms with Crippen LogP contribution in [-0.2, 0) is 16.5 Å². The standard InChI is InChI=1S/C32H76N4O4Si4/c1-21-33(22-2)41(29(9,10)11)37-42(30(12,13)14,34(23-3)24-4)39-44(32(18,19)20,36(27-7)28-8)40-43(38-41,31(15,16)17)35(25-5)26-6/h21-28H2,1-20H3. The summed E-state index contributed by atoms with van der Waals surface area (Å²) in [5.41, 5.74) is 0. The van der Waals surface area contributed by atoms with Crippen molar-refractivity contribution in [1.29, 1.82) is 0 Å². The van der Waals surface area contributed by atoms with Crippen LogP contribution in [0, 0.1) is 0 Å². The van der Waals surface area contributed by atoms with Gasteiger partial charge in [-0.05, 0) is 52.4 Å². The Morgan fingerprint density at radius 2 is 0.409 bits per heavy atom. The highest BCUT2D eigenvalue weighted by atomic mass is 28.5. The molecule has 1 aliphatic heterocycles. The molecule has 1 rings (SSSR count). The molecular formula is C32H76N4O4Si4. The molecule has 1 saturated heterocycles. The maximum absolute atomic E-state index is 8.28. The summed E-state index contributed by atoms with van der Waals surface area (Å²) in [5.74, 6) is 0. The SMILES string of the molecule is CCN(CC)[Si]1(C(C)(C)C)O[Si](N(CC)CC)(C(C)(C)C)O[Si](N(CC)CC)(C(C)(C)C)O[Si](N(CC)CC)(C(C)(C)C)O1. The van der Waals surface area contributed by atoms with Crippen molar-refractivity contribution in [1.82, 2.24) is 18.3 Å². The molecule has 44 heavy (non-hydrogen) atoms. The minimum Gasteiger partial charge on any atom is -0.391 e. The van der Waals surface area contributed by atoms with E-state index in [1.165, 1.54) is 0 Å². The third-order valence-electron chi connectivity index (χ3n) is 9.62. The van der Waals surface area contributed by atoms with Crippen LogP contribution in [0.25, 0.3) is 0 Å². The Morgan fingerprint density at radius 3 is 0.477 bits per heavy atom. The van der Waals surface area contributed by atoms with Crippen molar-refractivity contribution in [3.63, 3.8) is 0 Å². The van der Waals surface area contributed by atoms with E-state index >= 15 is 0 Å². The van der Waals surface area contributed by atoms with Crippen LogP contribution in [0.15, 0.2) is 0 Å². The molecule has 1 aliphatic rings. The van der Waals surface area contributed by atoms with E-state index in [-0.39, 0.29) is 20.2 Å². The summed E-state index contributed by atoms with van der Waals surface area (Å²) in [6.07, 6.45) is 0. The van der Waals surface area contributed by atoms with Crippen molar-refractivity contribution in [2.45, 2.75) is 159 Å². The summed E-state index contributed by atoms with van der Waals surface area (Å²) < 4.78 is 43.3. The summed E-state index contributed by atoms with van der Waals surface area (Å²) in [7, 11) is -13.3. The van der Waals surface area contributed by atoms with Gasteiger partial charge in [-0.2, -0.15) is 0 Å². The van der Waals surface area contributed by atoms with E-state index in [0.29, 0.717) is 0 Å². The van der Waals surface area contributed by atoms with E-state index in [9.17, 15) is 0 Å². The normalized spacial score (nSPS) is 30.0. The maximum Gasteiger partial charge on any atom is 0.417 e. The zero-order valence-corrected chi connectivity index (χ0v) is 37.1. The topological polar surface area (TPSA) is 49.9 Å². The van der Waals surface area contributed by atoms with Gasteiger partial charge in [-0.1, -0.05) is 138 Å². The molecule has 0 bridgehead atoms. The highest BCUT2D eigenvalue weighted by molar-refractivity contribution is 6.95. The number of nitrogens with zero attached hydrogens (tertiary/aromatic N) is 4. The lowest BCUT2D eigenvalue weighted by atomic mass is 10.3. The van der Waals surface area contributed by atoms with E-state index < -0.39 is 34.9 Å². The maximum atomic E-state index is 8.28. The van der Waals surface area contributed by atoms with Gasteiger partial charge in [0.25, 0.3) is 0 Å². The van der Waals surface area contributed by atoms with E-state index in [4.69, 9.17) is 16.5 Å². The van der Waals surface area contributed by atoms with Crippen LogP contribution >= 0.6 is 0 Å². The molecule has 0 N–H and O–H groups in total. The predicted octanol–water partition coefficient (Wildman–Crippen LogP) is 8.39. The first-order valence-corrected chi connectivity index (χ1v) is 24.8. The molecule has 0 aromatic rings. The molecular weight excluding hydrogens is 617 g/mol. The lowest BCUT2D eigenvalue weighted by Gasteiger charge is -2.66. The quantitative estimate of drug-likeness (QED) is 0.189. The summed E-state index contributed by atoms with van der Waals surface area (Å²) >= 11 is 0. The molecule has 1 fully saturated rings. The zero-order valence-electron chi connectivity index (χ0n) is 33.1. The van der Waals surface area contributed by atoms with Crippen LogP contribution in [0.1, 0.15) is 138 Å². The Kier molecular flexibility index (Phi) is 14.5. The fraction of sp³-hybridized carbons (Fsp3) is 1.00. The van der Waals surface area contributed by atoms with Crippen molar-refractivity contribution in [2.75, 3.05) is 52.4 Å². The number of hydrogen-bond acceptors (Lipinski definition) is 8. The van der Waals surface area contributed by atoms with E-state index in [2.05, 4.69) is 157 Å². The first-order valence-electron chi connectivity index (χ1n) is 17.7. The average Bonchev–Trinajstić information content (AvgIpc) is 2.86. The fourth-order valence-electron chi connectivity index (χ4n) is 7.03. The molecule has 0 atom stereocenters. The van der Waals surface area contributed by atoms with Gasteiger partial charge in [0.2, 0.25) is 0 Å². The van der Waals surface area contributed by atoms with E-state index in [1.807, 2.05) is 0 Å². The predicted molar refractivity (Wildman–Crippen MR) is 198 cm³/mol. The minimum atomic E-state index is -3.33. The fourth-order valence-corrected chi connectivity index (χ4v) is 36.3. The van der Waals surface area contributed by atoms with Crippen LogP contribution in [0.4, 0.5) is 0 Å². The monoisotopic (exact) mass is 692 g/mol. The van der Waals surface area contributed by atoms with Gasteiger partial charge in [0.05, 0.1) is 0 Å². The van der Waals surface area contributed by atoms with Crippen LogP contribution < -0.4 is 0 Å². The van der Waals surface area contributed by atoms with Crippen molar-refractivity contribution in [3.05, 3.63) is 0 Å². The first-order chi connectivity index (χ1) is 19.9. The second kappa shape index (κ2) is 15.0. The van der Waals surface area contributed by atoms with Gasteiger partial charge in [0.15, 0.2) is 0 Å².